The highest BCUT2D eigenvalue weighted by Gasteiger charge is 2.50. The van der Waals surface area contributed by atoms with Crippen molar-refractivity contribution in [3.63, 3.8) is 0 Å². The number of imide groups is 1. The maximum absolute atomic E-state index is 13.3. The summed E-state index contributed by atoms with van der Waals surface area (Å²) in [6.07, 6.45) is 7.38. The summed E-state index contributed by atoms with van der Waals surface area (Å²) in [7, 11) is -22.4. The number of hydroxylamine groups is 2. The molecule has 1 saturated heterocycles. The van der Waals surface area contributed by atoms with Crippen LogP contribution in [0.3, 0.4) is 0 Å². The monoisotopic (exact) mass is 1440 g/mol. The molecule has 1 aliphatic carbocycles. The molecule has 3 heterocycles. The van der Waals surface area contributed by atoms with Crippen LogP contribution in [0.2, 0.25) is 0 Å². The van der Waals surface area contributed by atoms with Gasteiger partial charge < -0.3 is 42.7 Å². The second kappa shape index (κ2) is 30.8. The van der Waals surface area contributed by atoms with Crippen molar-refractivity contribution in [1.29, 1.82) is 0 Å². The average molecular weight is 1450 g/mol. The summed E-state index contributed by atoms with van der Waals surface area (Å²) in [6.45, 7) is 5.51. The van der Waals surface area contributed by atoms with E-state index >= 15 is 0 Å². The lowest BCUT2D eigenvalue weighted by atomic mass is 9.74. The molecule has 4 aliphatic rings. The number of anilines is 1. The summed E-state index contributed by atoms with van der Waals surface area (Å²) in [6, 6.07) is 9.05. The fourth-order valence-corrected chi connectivity index (χ4v) is 15.9. The highest BCUT2D eigenvalue weighted by atomic mass is 35.5. The van der Waals surface area contributed by atoms with E-state index < -0.39 is 105 Å². The molecule has 4 aromatic rings. The summed E-state index contributed by atoms with van der Waals surface area (Å²) < 4.78 is 217. The first kappa shape index (κ1) is 74.8. The van der Waals surface area contributed by atoms with Crippen LogP contribution in [0.15, 0.2) is 114 Å². The Morgan fingerprint density at radius 2 is 1.19 bits per heavy atom. The second-order valence-electron chi connectivity index (χ2n) is 23.2. The first-order chi connectivity index (χ1) is 44.6. The van der Waals surface area contributed by atoms with Gasteiger partial charge in [0.2, 0.25) is 5.69 Å². The Morgan fingerprint density at radius 3 is 1.77 bits per heavy atom. The van der Waals surface area contributed by atoms with Crippen molar-refractivity contribution in [2.24, 2.45) is 0 Å². The van der Waals surface area contributed by atoms with Crippen LogP contribution in [0.4, 0.5) is 11.4 Å². The number of carbonyl (C=O) groups excluding carboxylic acids is 3. The van der Waals surface area contributed by atoms with Crippen molar-refractivity contribution in [2.75, 3.05) is 104 Å². The molecular formula is C61H74ClN3O25S5. The number of hydrogen-bond donors (Lipinski definition) is 4. The molecule has 4 N–H and O–H groups in total. The summed E-state index contributed by atoms with van der Waals surface area (Å²) in [4.78, 5) is 41.5. The lowest BCUT2D eigenvalue weighted by Gasteiger charge is -2.31. The minimum atomic E-state index is -5.43. The lowest BCUT2D eigenvalue weighted by Crippen LogP contribution is -2.33. The minimum Gasteiger partial charge on any atom is -0.744 e. The fourth-order valence-electron chi connectivity index (χ4n) is 12.4. The second-order valence-corrected chi connectivity index (χ2v) is 30.7. The van der Waals surface area contributed by atoms with Gasteiger partial charge in [0.15, 0.2) is 12.3 Å². The number of ether oxygens (including phenoxy) is 6. The number of allylic oxidation sites excluding steroid dienone is 8. The predicted molar refractivity (Wildman–Crippen MR) is 343 cm³/mol. The summed E-state index contributed by atoms with van der Waals surface area (Å²) in [5.74, 6) is -3.02. The van der Waals surface area contributed by atoms with Gasteiger partial charge in [-0.1, -0.05) is 29.8 Å². The summed E-state index contributed by atoms with van der Waals surface area (Å²) >= 11 is 7.46. The van der Waals surface area contributed by atoms with E-state index in [9.17, 15) is 79.2 Å². The molecule has 520 valence electrons. The summed E-state index contributed by atoms with van der Waals surface area (Å²) in [5.41, 5.74) is 0.659. The van der Waals surface area contributed by atoms with Gasteiger partial charge in [-0.05, 0) is 134 Å². The maximum atomic E-state index is 13.3. The van der Waals surface area contributed by atoms with Crippen LogP contribution >= 0.6 is 11.6 Å². The van der Waals surface area contributed by atoms with Crippen LogP contribution in [0.1, 0.15) is 89.2 Å². The van der Waals surface area contributed by atoms with Crippen LogP contribution in [0.5, 0.6) is 0 Å². The number of fused-ring (bicyclic) bond motifs is 6. The molecule has 4 aromatic carbocycles. The van der Waals surface area contributed by atoms with E-state index in [1.807, 2.05) is 4.58 Å². The van der Waals surface area contributed by atoms with Gasteiger partial charge in [-0.3, -0.25) is 27.8 Å². The van der Waals surface area contributed by atoms with Crippen molar-refractivity contribution in [2.45, 2.75) is 108 Å². The van der Waals surface area contributed by atoms with E-state index in [1.165, 1.54) is 25.3 Å². The van der Waals surface area contributed by atoms with Crippen molar-refractivity contribution < 1.29 is 117 Å². The lowest BCUT2D eigenvalue weighted by molar-refractivity contribution is -0.442. The van der Waals surface area contributed by atoms with Crippen molar-refractivity contribution in [3.8, 4) is 0 Å². The SMILES string of the molecule is COCCOCCOCCOCCC1(C)/C(=C\C=C2/CCCC(/C=C/C3=[N+](CCOCCOC)c4ccc5c(S(=O)(=O)O)cc(S(=O)(=O)O)cc5c4C3(C)CCCS(=O)(=O)O)=C2Cl)N(CCCC(=O)ON2C(=O)CCC2=O)c2ccc3c(S(=O)(=O)[O-])cc(S(=O)(=O)O)cc3c21. The van der Waals surface area contributed by atoms with Gasteiger partial charge in [0.25, 0.3) is 52.3 Å². The molecule has 2 amide bonds. The molecule has 8 rings (SSSR count). The Labute approximate surface area is 555 Å². The molecule has 28 nitrogen and oxygen atoms in total. The Morgan fingerprint density at radius 1 is 0.632 bits per heavy atom. The molecule has 1 fully saturated rings. The first-order valence-corrected chi connectivity index (χ1v) is 37.7. The third-order valence-corrected chi connectivity index (χ3v) is 21.6. The van der Waals surface area contributed by atoms with Gasteiger partial charge >= 0.3 is 5.97 Å². The third kappa shape index (κ3) is 17.7. The topological polar surface area (TPSA) is 400 Å². The Kier molecular flexibility index (Phi) is 24.3. The van der Waals surface area contributed by atoms with Crippen LogP contribution in [-0.2, 0) is 109 Å². The largest absolute Gasteiger partial charge is 0.744 e. The number of nitrogens with zero attached hydrogens (tertiary/aromatic N) is 3. The van der Waals surface area contributed by atoms with Crippen molar-refractivity contribution in [1.82, 2.24) is 5.06 Å². The number of carbonyl (C=O) groups is 3. The van der Waals surface area contributed by atoms with Crippen LogP contribution in [0.25, 0.3) is 21.5 Å². The van der Waals surface area contributed by atoms with Crippen LogP contribution in [-0.4, -0.2) is 197 Å². The maximum Gasteiger partial charge on any atom is 0.333 e. The molecule has 0 aromatic heterocycles. The summed E-state index contributed by atoms with van der Waals surface area (Å²) in [5, 5.41) is 0.293. The number of amides is 2. The molecule has 2 unspecified atom stereocenters. The van der Waals surface area contributed by atoms with E-state index in [0.717, 1.165) is 12.1 Å². The number of halogens is 1. The Balaban J connectivity index is 1.27. The zero-order valence-corrected chi connectivity index (χ0v) is 57.2. The van der Waals surface area contributed by atoms with E-state index in [0.29, 0.717) is 89.2 Å². The highest BCUT2D eigenvalue weighted by molar-refractivity contribution is 7.87. The molecule has 0 radical (unpaired) electrons. The van der Waals surface area contributed by atoms with Crippen LogP contribution in [0, 0.1) is 0 Å². The molecule has 34 heteroatoms. The Hall–Kier alpha value is -5.96. The van der Waals surface area contributed by atoms with Gasteiger partial charge in [0.05, 0.1) is 78.7 Å². The van der Waals surface area contributed by atoms with E-state index in [2.05, 4.69) is 0 Å². The van der Waals surface area contributed by atoms with E-state index in [4.69, 9.17) is 44.9 Å². The first-order valence-electron chi connectivity index (χ1n) is 30.0. The molecule has 95 heavy (non-hydrogen) atoms. The molecule has 0 spiro atoms. The average Bonchev–Trinajstić information content (AvgIpc) is 1.60. The molecule has 0 bridgehead atoms. The number of benzene rings is 4. The van der Waals surface area contributed by atoms with E-state index in [1.54, 1.807) is 56.2 Å². The zero-order chi connectivity index (χ0) is 69.5. The van der Waals surface area contributed by atoms with Gasteiger partial charge in [-0.25, -0.2) is 13.2 Å². The molecule has 0 saturated carbocycles. The third-order valence-electron chi connectivity index (χ3n) is 16.8. The van der Waals surface area contributed by atoms with Gasteiger partial charge in [0.1, 0.15) is 21.6 Å². The normalized spacial score (nSPS) is 19.9. The van der Waals surface area contributed by atoms with Crippen molar-refractivity contribution in [3.05, 3.63) is 106 Å². The van der Waals surface area contributed by atoms with Gasteiger partial charge in [0, 0.05) is 91.6 Å². The van der Waals surface area contributed by atoms with Crippen LogP contribution < -0.4 is 4.90 Å². The number of hydrogen-bond acceptors (Lipinski definition) is 22. The van der Waals surface area contributed by atoms with E-state index in [-0.39, 0.29) is 143 Å². The number of methoxy groups -OCH3 is 2. The predicted octanol–water partition coefficient (Wildman–Crippen LogP) is 6.62. The standard InChI is InChI=1S/C61H74ClN3O25S5/c1-60(21-7-35-91(69,70)71)52(64(24-26-87-29-27-84-3)49-16-14-44-46(57(49)60)36-42(92(72,73)74)38-50(44)94(78,79)80)17-11-40-8-5-9-41(59(40)62)12-18-53-61(2,22-25-86-31-32-89-34-33-88-30-28-85-4)58-47-37-43(93(75,76)77)39-51(95(81,82)83)45(47)13-15-48(58)63(53)23-6-10-56(68)90-65-54(66)19-20-55(65)67/h11-18,36-39H,5-10,19-35H2,1-4H3,(H4-,69,70,71,72,73,74,75,76,77,78,79,80,81,82,83). The highest BCUT2D eigenvalue weighted by Crippen LogP contribution is 2.55. The smallest absolute Gasteiger partial charge is 0.333 e. The molecule has 3 aliphatic heterocycles. The number of rotatable bonds is 34. The zero-order valence-electron chi connectivity index (χ0n) is 52.3. The van der Waals surface area contributed by atoms with Gasteiger partial charge in [-0.15, -0.1) is 5.06 Å². The van der Waals surface area contributed by atoms with Gasteiger partial charge in [-0.2, -0.15) is 38.2 Å². The molecular weight excluding hydrogens is 1370 g/mol. The fraction of sp³-hybridized carbons (Fsp3) is 0.475. The quantitative estimate of drug-likeness (QED) is 0.0165. The molecule has 2 atom stereocenters. The minimum absolute atomic E-state index is 0.00663. The Bertz CT molecular complexity index is 4400. The van der Waals surface area contributed by atoms with Crippen molar-refractivity contribution >= 4 is 119 Å².